The topological polar surface area (TPSA) is 29.5 Å². The van der Waals surface area contributed by atoms with Crippen LogP contribution in [-0.2, 0) is 4.79 Å². The van der Waals surface area contributed by atoms with E-state index in [1.165, 1.54) is 16.7 Å². The fourth-order valence-electron chi connectivity index (χ4n) is 1.85. The van der Waals surface area contributed by atoms with Gasteiger partial charge in [0.15, 0.2) is 0 Å². The van der Waals surface area contributed by atoms with Crippen LogP contribution in [0.1, 0.15) is 12.5 Å². The van der Waals surface area contributed by atoms with Crippen molar-refractivity contribution in [2.45, 2.75) is 6.92 Å². The van der Waals surface area contributed by atoms with E-state index in [1.807, 2.05) is 6.92 Å². The van der Waals surface area contributed by atoms with E-state index in [0.717, 1.165) is 5.56 Å². The van der Waals surface area contributed by atoms with Crippen molar-refractivity contribution in [2.24, 2.45) is 0 Å². The molecule has 1 amide bonds. The van der Waals surface area contributed by atoms with Gasteiger partial charge in [0.05, 0.1) is 11.5 Å². The molecule has 1 aliphatic rings. The largest absolute Gasteiger partial charge is 0.493 e. The van der Waals surface area contributed by atoms with Crippen LogP contribution in [0.25, 0.3) is 6.08 Å². The summed E-state index contributed by atoms with van der Waals surface area (Å²) in [6.07, 6.45) is 3.41. The highest BCUT2D eigenvalue weighted by Crippen LogP contribution is 2.34. The minimum atomic E-state index is -0.118. The number of carbonyl (C=O) groups excluding carboxylic acids is 1. The third kappa shape index (κ3) is 3.67. The van der Waals surface area contributed by atoms with E-state index >= 15 is 0 Å². The SMILES string of the molecule is C=CCN1C(=O)/C(=C\c2cc(Cl)ccc2OCC)SC1=S. The van der Waals surface area contributed by atoms with Gasteiger partial charge < -0.3 is 4.74 Å². The molecule has 6 heteroatoms. The maximum atomic E-state index is 12.3. The van der Waals surface area contributed by atoms with Crippen LogP contribution in [0.3, 0.4) is 0 Å². The van der Waals surface area contributed by atoms with Crippen LogP contribution in [0.5, 0.6) is 5.75 Å². The monoisotopic (exact) mass is 339 g/mol. The molecule has 0 aromatic heterocycles. The van der Waals surface area contributed by atoms with Gasteiger partial charge in [-0.2, -0.15) is 0 Å². The summed E-state index contributed by atoms with van der Waals surface area (Å²) in [4.78, 5) is 14.4. The lowest BCUT2D eigenvalue weighted by molar-refractivity contribution is -0.121. The fraction of sp³-hybridized carbons (Fsp3) is 0.200. The second-order valence-corrected chi connectivity index (χ2v) is 6.31. The van der Waals surface area contributed by atoms with Crippen molar-refractivity contribution in [2.75, 3.05) is 13.2 Å². The maximum absolute atomic E-state index is 12.3. The van der Waals surface area contributed by atoms with Gasteiger partial charge in [-0.15, -0.1) is 6.58 Å². The Bertz CT molecular complexity index is 628. The molecular weight excluding hydrogens is 326 g/mol. The molecule has 1 saturated heterocycles. The van der Waals surface area contributed by atoms with Gasteiger partial charge in [0.1, 0.15) is 10.1 Å². The number of nitrogens with zero attached hydrogens (tertiary/aromatic N) is 1. The zero-order chi connectivity index (χ0) is 15.4. The lowest BCUT2D eigenvalue weighted by atomic mass is 10.2. The lowest BCUT2D eigenvalue weighted by Gasteiger charge is -2.10. The molecule has 3 nitrogen and oxygen atoms in total. The summed E-state index contributed by atoms with van der Waals surface area (Å²) < 4.78 is 6.09. The van der Waals surface area contributed by atoms with Crippen molar-refractivity contribution < 1.29 is 9.53 Å². The molecule has 0 atom stereocenters. The second-order valence-electron chi connectivity index (χ2n) is 4.20. The minimum absolute atomic E-state index is 0.118. The molecule has 0 unspecified atom stereocenters. The van der Waals surface area contributed by atoms with E-state index in [4.69, 9.17) is 28.6 Å². The average Bonchev–Trinajstić information content (AvgIpc) is 2.70. The van der Waals surface area contributed by atoms with E-state index in [-0.39, 0.29) is 5.91 Å². The highest BCUT2D eigenvalue weighted by molar-refractivity contribution is 8.26. The number of hydrogen-bond acceptors (Lipinski definition) is 4. The molecule has 0 N–H and O–H groups in total. The number of ether oxygens (including phenoxy) is 1. The highest BCUT2D eigenvalue weighted by atomic mass is 35.5. The van der Waals surface area contributed by atoms with Crippen LogP contribution in [0.15, 0.2) is 35.8 Å². The van der Waals surface area contributed by atoms with Crippen molar-refractivity contribution in [3.63, 3.8) is 0 Å². The highest BCUT2D eigenvalue weighted by Gasteiger charge is 2.31. The third-order valence-corrected chi connectivity index (χ3v) is 4.36. The van der Waals surface area contributed by atoms with Crippen LogP contribution in [0, 0.1) is 0 Å². The van der Waals surface area contributed by atoms with Crippen molar-refractivity contribution in [1.29, 1.82) is 0 Å². The maximum Gasteiger partial charge on any atom is 0.266 e. The molecule has 110 valence electrons. The van der Waals surface area contributed by atoms with Gasteiger partial charge in [0, 0.05) is 17.1 Å². The standard InChI is InChI=1S/C15H14ClNO2S2/c1-3-7-17-14(18)13(21-15(17)20)9-10-8-11(16)5-6-12(10)19-4-2/h3,5-6,8-9H,1,4,7H2,2H3/b13-9+. The first-order valence-electron chi connectivity index (χ1n) is 6.35. The fourth-order valence-corrected chi connectivity index (χ4v) is 3.29. The zero-order valence-corrected chi connectivity index (χ0v) is 13.9. The van der Waals surface area contributed by atoms with Crippen LogP contribution in [0.4, 0.5) is 0 Å². The molecular formula is C15H14ClNO2S2. The van der Waals surface area contributed by atoms with Crippen molar-refractivity contribution in [1.82, 2.24) is 4.90 Å². The van der Waals surface area contributed by atoms with Gasteiger partial charge in [-0.1, -0.05) is 41.7 Å². The Morgan fingerprint density at radius 1 is 1.52 bits per heavy atom. The Hall–Kier alpha value is -1.30. The normalized spacial score (nSPS) is 16.7. The number of rotatable bonds is 5. The number of halogens is 1. The Labute approximate surface area is 138 Å². The number of hydrogen-bond donors (Lipinski definition) is 0. The van der Waals surface area contributed by atoms with E-state index < -0.39 is 0 Å². The van der Waals surface area contributed by atoms with E-state index in [9.17, 15) is 4.79 Å². The molecule has 0 spiro atoms. The molecule has 1 aromatic rings. The number of thiocarbonyl (C=S) groups is 1. The molecule has 0 bridgehead atoms. The molecule has 0 saturated carbocycles. The van der Waals surface area contributed by atoms with Crippen molar-refractivity contribution >= 4 is 51.9 Å². The molecule has 21 heavy (non-hydrogen) atoms. The lowest BCUT2D eigenvalue weighted by Crippen LogP contribution is -2.27. The van der Waals surface area contributed by atoms with Crippen molar-refractivity contribution in [3.05, 3.63) is 46.3 Å². The molecule has 1 fully saturated rings. The molecule has 0 aliphatic carbocycles. The van der Waals surface area contributed by atoms with E-state index in [0.29, 0.717) is 33.1 Å². The van der Waals surface area contributed by atoms with E-state index in [1.54, 1.807) is 30.4 Å². The van der Waals surface area contributed by atoms with Gasteiger partial charge in [-0.3, -0.25) is 9.69 Å². The first-order valence-corrected chi connectivity index (χ1v) is 7.95. The average molecular weight is 340 g/mol. The van der Waals surface area contributed by atoms with Gasteiger partial charge >= 0.3 is 0 Å². The zero-order valence-electron chi connectivity index (χ0n) is 11.5. The summed E-state index contributed by atoms with van der Waals surface area (Å²) >= 11 is 12.5. The summed E-state index contributed by atoms with van der Waals surface area (Å²) in [6, 6.07) is 5.32. The number of amides is 1. The van der Waals surface area contributed by atoms with Gasteiger partial charge in [0.2, 0.25) is 0 Å². The molecule has 1 aliphatic heterocycles. The molecule has 2 rings (SSSR count). The van der Waals surface area contributed by atoms with Crippen LogP contribution in [0.2, 0.25) is 5.02 Å². The minimum Gasteiger partial charge on any atom is -0.493 e. The predicted molar refractivity (Wildman–Crippen MR) is 92.7 cm³/mol. The van der Waals surface area contributed by atoms with Crippen LogP contribution < -0.4 is 4.74 Å². The first kappa shape index (κ1) is 16.1. The molecule has 1 heterocycles. The van der Waals surface area contributed by atoms with Crippen LogP contribution in [-0.4, -0.2) is 28.3 Å². The first-order chi connectivity index (χ1) is 10.1. The Morgan fingerprint density at radius 2 is 2.29 bits per heavy atom. The van der Waals surface area contributed by atoms with Crippen molar-refractivity contribution in [3.8, 4) is 5.75 Å². The number of thioether (sulfide) groups is 1. The summed E-state index contributed by atoms with van der Waals surface area (Å²) in [6.45, 7) is 6.49. The third-order valence-electron chi connectivity index (χ3n) is 2.74. The Balaban J connectivity index is 2.36. The number of benzene rings is 1. The molecule has 0 radical (unpaired) electrons. The van der Waals surface area contributed by atoms with E-state index in [2.05, 4.69) is 6.58 Å². The predicted octanol–water partition coefficient (Wildman–Crippen LogP) is 4.13. The number of carbonyl (C=O) groups is 1. The summed E-state index contributed by atoms with van der Waals surface area (Å²) in [5.74, 6) is 0.572. The Morgan fingerprint density at radius 3 is 2.95 bits per heavy atom. The van der Waals surface area contributed by atoms with Gasteiger partial charge in [-0.05, 0) is 31.2 Å². The quantitative estimate of drug-likeness (QED) is 0.458. The summed E-state index contributed by atoms with van der Waals surface area (Å²) in [5, 5.41) is 0.589. The van der Waals surface area contributed by atoms with Crippen LogP contribution >= 0.6 is 35.6 Å². The smallest absolute Gasteiger partial charge is 0.266 e. The summed E-state index contributed by atoms with van der Waals surface area (Å²) in [7, 11) is 0. The second kappa shape index (κ2) is 7.11. The molecule has 1 aromatic carbocycles. The van der Waals surface area contributed by atoms with Gasteiger partial charge in [0.25, 0.3) is 5.91 Å². The Kier molecular flexibility index (Phi) is 5.45. The summed E-state index contributed by atoms with van der Waals surface area (Å²) in [5.41, 5.74) is 0.767. The van der Waals surface area contributed by atoms with Gasteiger partial charge in [-0.25, -0.2) is 0 Å².